The zero-order valence-electron chi connectivity index (χ0n) is 14.2. The van der Waals surface area contributed by atoms with Gasteiger partial charge in [-0.25, -0.2) is 8.42 Å². The summed E-state index contributed by atoms with van der Waals surface area (Å²) >= 11 is 3.31. The molecule has 1 aliphatic heterocycles. The highest BCUT2D eigenvalue weighted by molar-refractivity contribution is 9.10. The number of benzene rings is 2. The fraction of sp³-hybridized carbons (Fsp3) is 0.222. The summed E-state index contributed by atoms with van der Waals surface area (Å²) in [6.07, 6.45) is 1.91. The molecule has 4 rings (SSSR count). The van der Waals surface area contributed by atoms with Crippen LogP contribution in [-0.2, 0) is 10.0 Å². The van der Waals surface area contributed by atoms with Gasteiger partial charge in [-0.15, -0.1) is 0 Å². The van der Waals surface area contributed by atoms with E-state index in [0.29, 0.717) is 29.7 Å². The van der Waals surface area contributed by atoms with Gasteiger partial charge >= 0.3 is 0 Å². The van der Waals surface area contributed by atoms with Crippen molar-refractivity contribution in [2.24, 2.45) is 0 Å². The Morgan fingerprint density at radius 1 is 1.15 bits per heavy atom. The first-order valence-corrected chi connectivity index (χ1v) is 10.7. The Labute approximate surface area is 164 Å². The Kier molecular flexibility index (Phi) is 4.65. The van der Waals surface area contributed by atoms with Crippen LogP contribution in [0, 0.1) is 0 Å². The first kappa shape index (κ1) is 18.0. The van der Waals surface area contributed by atoms with Gasteiger partial charge in [-0.1, -0.05) is 27.2 Å². The van der Waals surface area contributed by atoms with Crippen molar-refractivity contribution in [2.75, 3.05) is 17.8 Å². The van der Waals surface area contributed by atoms with E-state index in [0.717, 1.165) is 17.3 Å². The monoisotopic (exact) mass is 449 g/mol. The molecule has 0 unspecified atom stereocenters. The van der Waals surface area contributed by atoms with Crippen molar-refractivity contribution in [1.29, 1.82) is 0 Å². The molecule has 0 saturated carbocycles. The van der Waals surface area contributed by atoms with Crippen molar-refractivity contribution in [2.45, 2.75) is 17.7 Å². The molecule has 140 valence electrons. The lowest BCUT2D eigenvalue weighted by Crippen LogP contribution is -2.28. The third-order valence-corrected chi connectivity index (χ3v) is 6.30. The normalized spacial score (nSPS) is 14.6. The highest BCUT2D eigenvalue weighted by Crippen LogP contribution is 2.26. The molecule has 3 aromatic rings. The predicted molar refractivity (Wildman–Crippen MR) is 104 cm³/mol. The van der Waals surface area contributed by atoms with Gasteiger partial charge in [0.25, 0.3) is 15.9 Å². The van der Waals surface area contributed by atoms with Crippen LogP contribution in [0.25, 0.3) is 11.0 Å². The lowest BCUT2D eigenvalue weighted by Gasteiger charge is -2.13. The van der Waals surface area contributed by atoms with Gasteiger partial charge in [0.15, 0.2) is 11.3 Å². The van der Waals surface area contributed by atoms with Crippen LogP contribution in [0.5, 0.6) is 0 Å². The first-order valence-electron chi connectivity index (χ1n) is 8.41. The summed E-state index contributed by atoms with van der Waals surface area (Å²) in [4.78, 5) is 14.4. The van der Waals surface area contributed by atoms with Crippen molar-refractivity contribution in [3.63, 3.8) is 0 Å². The molecular formula is C18H16BrN3O4S. The van der Waals surface area contributed by atoms with E-state index in [4.69, 9.17) is 4.52 Å². The van der Waals surface area contributed by atoms with E-state index in [-0.39, 0.29) is 16.5 Å². The van der Waals surface area contributed by atoms with Crippen LogP contribution >= 0.6 is 15.9 Å². The summed E-state index contributed by atoms with van der Waals surface area (Å²) in [5.74, 6) is -0.235. The summed E-state index contributed by atoms with van der Waals surface area (Å²) in [7, 11) is -3.83. The van der Waals surface area contributed by atoms with Gasteiger partial charge in [0.1, 0.15) is 0 Å². The number of carbonyl (C=O) groups excluding carboxylic acids is 1. The van der Waals surface area contributed by atoms with Crippen LogP contribution in [0.3, 0.4) is 0 Å². The van der Waals surface area contributed by atoms with Crippen molar-refractivity contribution in [1.82, 2.24) is 10.1 Å². The molecule has 0 spiro atoms. The summed E-state index contributed by atoms with van der Waals surface area (Å²) in [5, 5.41) is 4.26. The Morgan fingerprint density at radius 2 is 1.93 bits per heavy atom. The van der Waals surface area contributed by atoms with Gasteiger partial charge in [-0.3, -0.25) is 9.52 Å². The lowest BCUT2D eigenvalue weighted by atomic mass is 10.2. The molecule has 1 aliphatic rings. The zero-order valence-corrected chi connectivity index (χ0v) is 16.6. The van der Waals surface area contributed by atoms with Crippen molar-refractivity contribution in [3.8, 4) is 0 Å². The summed E-state index contributed by atoms with van der Waals surface area (Å²) in [6.45, 7) is 1.35. The SMILES string of the molecule is O=C(c1noc2ccc(S(=O)(=O)Nc3cccc(Br)c3)cc12)N1CCCC1. The summed E-state index contributed by atoms with van der Waals surface area (Å²) < 4.78 is 34.0. The number of fused-ring (bicyclic) bond motifs is 1. The number of hydrogen-bond acceptors (Lipinski definition) is 5. The fourth-order valence-corrected chi connectivity index (χ4v) is 4.55. The number of anilines is 1. The number of sulfonamides is 1. The maximum absolute atomic E-state index is 12.7. The minimum absolute atomic E-state index is 0.0358. The second-order valence-electron chi connectivity index (χ2n) is 6.30. The largest absolute Gasteiger partial charge is 0.355 e. The van der Waals surface area contributed by atoms with Crippen molar-refractivity contribution >= 4 is 48.5 Å². The van der Waals surface area contributed by atoms with E-state index in [1.807, 2.05) is 0 Å². The average molecular weight is 450 g/mol. The second-order valence-corrected chi connectivity index (χ2v) is 8.90. The standard InChI is InChI=1S/C18H16BrN3O4S/c19-12-4-3-5-13(10-12)21-27(24,25)14-6-7-16-15(11-14)17(20-26-16)18(23)22-8-1-2-9-22/h3-7,10-11,21H,1-2,8-9H2. The van der Waals surface area contributed by atoms with E-state index >= 15 is 0 Å². The average Bonchev–Trinajstić information content (AvgIpc) is 3.30. The van der Waals surface area contributed by atoms with Crippen LogP contribution in [0.4, 0.5) is 5.69 Å². The maximum atomic E-state index is 12.7. The number of halogens is 1. The van der Waals surface area contributed by atoms with Gasteiger partial charge < -0.3 is 9.42 Å². The predicted octanol–water partition coefficient (Wildman–Crippen LogP) is 3.63. The molecule has 0 bridgehead atoms. The quantitative estimate of drug-likeness (QED) is 0.656. The number of carbonyl (C=O) groups is 1. The Balaban J connectivity index is 1.70. The van der Waals surface area contributed by atoms with Crippen LogP contribution in [0.15, 0.2) is 56.4 Å². The van der Waals surface area contributed by atoms with E-state index < -0.39 is 10.0 Å². The molecule has 1 aromatic heterocycles. The van der Waals surface area contributed by atoms with Crippen LogP contribution in [0.1, 0.15) is 23.3 Å². The molecular weight excluding hydrogens is 434 g/mol. The second kappa shape index (κ2) is 6.97. The molecule has 1 amide bonds. The van der Waals surface area contributed by atoms with Crippen molar-refractivity contribution < 1.29 is 17.7 Å². The molecule has 7 nitrogen and oxygen atoms in total. The number of nitrogens with zero attached hydrogens (tertiary/aromatic N) is 2. The molecule has 2 aromatic carbocycles. The maximum Gasteiger partial charge on any atom is 0.276 e. The number of amides is 1. The third-order valence-electron chi connectivity index (χ3n) is 4.42. The molecule has 0 radical (unpaired) electrons. The van der Waals surface area contributed by atoms with E-state index in [1.54, 1.807) is 29.2 Å². The Morgan fingerprint density at radius 3 is 2.67 bits per heavy atom. The topological polar surface area (TPSA) is 92.5 Å². The molecule has 0 aliphatic carbocycles. The number of hydrogen-bond donors (Lipinski definition) is 1. The molecule has 9 heteroatoms. The first-order chi connectivity index (χ1) is 12.9. The molecule has 0 atom stereocenters. The molecule has 1 N–H and O–H groups in total. The number of rotatable bonds is 4. The number of nitrogens with one attached hydrogen (secondary N) is 1. The van der Waals surface area contributed by atoms with Gasteiger partial charge in [-0.05, 0) is 49.2 Å². The van der Waals surface area contributed by atoms with E-state index in [1.165, 1.54) is 18.2 Å². The summed E-state index contributed by atoms with van der Waals surface area (Å²) in [6, 6.07) is 11.2. The zero-order chi connectivity index (χ0) is 19.0. The minimum atomic E-state index is -3.83. The van der Waals surface area contributed by atoms with Crippen LogP contribution in [-0.4, -0.2) is 37.5 Å². The van der Waals surface area contributed by atoms with Gasteiger partial charge in [0.2, 0.25) is 0 Å². The van der Waals surface area contributed by atoms with Crippen LogP contribution in [0.2, 0.25) is 0 Å². The lowest BCUT2D eigenvalue weighted by molar-refractivity contribution is 0.0784. The molecule has 2 heterocycles. The van der Waals surface area contributed by atoms with Crippen molar-refractivity contribution in [3.05, 3.63) is 52.6 Å². The smallest absolute Gasteiger partial charge is 0.276 e. The molecule has 1 saturated heterocycles. The molecule has 27 heavy (non-hydrogen) atoms. The van der Waals surface area contributed by atoms with Gasteiger partial charge in [0, 0.05) is 23.2 Å². The van der Waals surface area contributed by atoms with Gasteiger partial charge in [-0.2, -0.15) is 0 Å². The highest BCUT2D eigenvalue weighted by Gasteiger charge is 2.26. The van der Waals surface area contributed by atoms with E-state index in [2.05, 4.69) is 25.8 Å². The van der Waals surface area contributed by atoms with Gasteiger partial charge in [0.05, 0.1) is 10.3 Å². The Bertz CT molecular complexity index is 1120. The third kappa shape index (κ3) is 3.57. The minimum Gasteiger partial charge on any atom is -0.355 e. The highest BCUT2D eigenvalue weighted by atomic mass is 79.9. The fourth-order valence-electron chi connectivity index (χ4n) is 3.08. The number of likely N-dealkylation sites (tertiary alicyclic amines) is 1. The van der Waals surface area contributed by atoms with E-state index in [9.17, 15) is 13.2 Å². The molecule has 1 fully saturated rings. The summed E-state index contributed by atoms with van der Waals surface area (Å²) in [5.41, 5.74) is 0.952. The number of aromatic nitrogens is 1. The van der Waals surface area contributed by atoms with Crippen LogP contribution < -0.4 is 4.72 Å². The Hall–Kier alpha value is -2.39.